The summed E-state index contributed by atoms with van der Waals surface area (Å²) in [5, 5.41) is 0. The molecule has 3 rings (SSSR count). The average Bonchev–Trinajstić information content (AvgIpc) is 2.77. The number of nitrogens with zero attached hydrogens (tertiary/aromatic N) is 5. The number of hydrogen-bond acceptors (Lipinski definition) is 5. The molecule has 1 aromatic rings. The van der Waals surface area contributed by atoms with Gasteiger partial charge < -0.3 is 9.80 Å². The van der Waals surface area contributed by atoms with Gasteiger partial charge in [0.05, 0.1) is 5.69 Å². The molecule has 0 radical (unpaired) electrons. The lowest BCUT2D eigenvalue weighted by Gasteiger charge is -2.40. The molecule has 2 bridgehead atoms. The maximum Gasteiger partial charge on any atom is 0.226 e. The first kappa shape index (κ1) is 16.7. The van der Waals surface area contributed by atoms with Crippen molar-refractivity contribution in [3.05, 3.63) is 18.0 Å². The van der Waals surface area contributed by atoms with E-state index in [-0.39, 0.29) is 0 Å². The SMILES string of the molecule is CCN1CC2CCC(C1)N2c1nccc(CN(C)CC(C)C)n1. The van der Waals surface area contributed by atoms with E-state index in [9.17, 15) is 0 Å². The highest BCUT2D eigenvalue weighted by molar-refractivity contribution is 5.38. The maximum atomic E-state index is 4.89. The van der Waals surface area contributed by atoms with E-state index >= 15 is 0 Å². The fraction of sp³-hybridized carbons (Fsp3) is 0.778. The molecule has 0 aromatic carbocycles. The van der Waals surface area contributed by atoms with Gasteiger partial charge in [0.15, 0.2) is 0 Å². The van der Waals surface area contributed by atoms with E-state index in [1.165, 1.54) is 12.8 Å². The summed E-state index contributed by atoms with van der Waals surface area (Å²) in [6.45, 7) is 12.2. The standard InChI is InChI=1S/C18H31N5/c1-5-22-12-16-6-7-17(13-22)23(16)18-19-9-8-15(20-18)11-21(4)10-14(2)3/h8-9,14,16-17H,5-7,10-13H2,1-4H3. The van der Waals surface area contributed by atoms with Crippen LogP contribution in [0.5, 0.6) is 0 Å². The van der Waals surface area contributed by atoms with Crippen molar-refractivity contribution >= 4 is 5.95 Å². The largest absolute Gasteiger partial charge is 0.332 e. The summed E-state index contributed by atoms with van der Waals surface area (Å²) in [4.78, 5) is 16.9. The Morgan fingerprint density at radius 1 is 1.26 bits per heavy atom. The highest BCUT2D eigenvalue weighted by atomic mass is 15.4. The highest BCUT2D eigenvalue weighted by Gasteiger charge is 2.40. The predicted molar refractivity (Wildman–Crippen MR) is 94.6 cm³/mol. The lowest BCUT2D eigenvalue weighted by Crippen LogP contribution is -2.54. The Morgan fingerprint density at radius 3 is 2.57 bits per heavy atom. The Morgan fingerprint density at radius 2 is 1.96 bits per heavy atom. The molecule has 0 saturated carbocycles. The van der Waals surface area contributed by atoms with E-state index in [0.717, 1.165) is 44.4 Å². The van der Waals surface area contributed by atoms with E-state index in [0.29, 0.717) is 18.0 Å². The zero-order chi connectivity index (χ0) is 16.4. The van der Waals surface area contributed by atoms with Gasteiger partial charge in [-0.15, -0.1) is 0 Å². The van der Waals surface area contributed by atoms with Crippen LogP contribution in [0, 0.1) is 5.92 Å². The van der Waals surface area contributed by atoms with Gasteiger partial charge in [-0.25, -0.2) is 9.97 Å². The molecule has 2 unspecified atom stereocenters. The van der Waals surface area contributed by atoms with Crippen LogP contribution in [0.3, 0.4) is 0 Å². The van der Waals surface area contributed by atoms with Crippen molar-refractivity contribution < 1.29 is 0 Å². The fourth-order valence-electron chi connectivity index (χ4n) is 4.14. The number of likely N-dealkylation sites (tertiary alicyclic amines) is 1. The summed E-state index contributed by atoms with van der Waals surface area (Å²) in [6, 6.07) is 3.25. The Balaban J connectivity index is 1.71. The highest BCUT2D eigenvalue weighted by Crippen LogP contribution is 2.32. The van der Waals surface area contributed by atoms with Gasteiger partial charge in [-0.2, -0.15) is 0 Å². The summed E-state index contributed by atoms with van der Waals surface area (Å²) in [7, 11) is 2.17. The van der Waals surface area contributed by atoms with Gasteiger partial charge in [0.1, 0.15) is 0 Å². The maximum absolute atomic E-state index is 4.89. The van der Waals surface area contributed by atoms with Gasteiger partial charge in [-0.05, 0) is 38.4 Å². The molecule has 23 heavy (non-hydrogen) atoms. The number of likely N-dealkylation sites (N-methyl/N-ethyl adjacent to an activating group) is 1. The van der Waals surface area contributed by atoms with Gasteiger partial charge in [0.2, 0.25) is 5.95 Å². The predicted octanol–water partition coefficient (Wildman–Crippen LogP) is 2.24. The normalized spacial score (nSPS) is 24.9. The molecule has 128 valence electrons. The Labute approximate surface area is 140 Å². The molecule has 2 atom stereocenters. The van der Waals surface area contributed by atoms with Crippen molar-refractivity contribution in [2.45, 2.75) is 52.2 Å². The Hall–Kier alpha value is -1.20. The molecule has 2 saturated heterocycles. The zero-order valence-electron chi connectivity index (χ0n) is 15.1. The first-order valence-corrected chi connectivity index (χ1v) is 9.08. The molecule has 0 amide bonds. The monoisotopic (exact) mass is 317 g/mol. The first-order chi connectivity index (χ1) is 11.1. The van der Waals surface area contributed by atoms with Gasteiger partial charge in [-0.3, -0.25) is 4.90 Å². The van der Waals surface area contributed by atoms with Crippen molar-refractivity contribution in [1.29, 1.82) is 0 Å². The topological polar surface area (TPSA) is 35.5 Å². The zero-order valence-corrected chi connectivity index (χ0v) is 15.1. The van der Waals surface area contributed by atoms with Crippen LogP contribution in [0.15, 0.2) is 12.3 Å². The molecule has 2 fully saturated rings. The van der Waals surface area contributed by atoms with Crippen LogP contribution in [0.1, 0.15) is 39.3 Å². The third-order valence-electron chi connectivity index (χ3n) is 5.05. The van der Waals surface area contributed by atoms with Crippen molar-refractivity contribution in [1.82, 2.24) is 19.8 Å². The molecule has 5 nitrogen and oxygen atoms in total. The third kappa shape index (κ3) is 3.83. The molecule has 0 spiro atoms. The lowest BCUT2D eigenvalue weighted by atomic mass is 10.2. The second-order valence-corrected chi connectivity index (χ2v) is 7.58. The lowest BCUT2D eigenvalue weighted by molar-refractivity contribution is 0.228. The minimum absolute atomic E-state index is 0.595. The van der Waals surface area contributed by atoms with Crippen LogP contribution >= 0.6 is 0 Å². The van der Waals surface area contributed by atoms with Crippen LogP contribution in [0.2, 0.25) is 0 Å². The minimum atomic E-state index is 0.595. The Bertz CT molecular complexity index is 504. The minimum Gasteiger partial charge on any atom is -0.332 e. The van der Waals surface area contributed by atoms with E-state index < -0.39 is 0 Å². The molecule has 2 aliphatic rings. The number of hydrogen-bond donors (Lipinski definition) is 0. The molecule has 5 heteroatoms. The average molecular weight is 317 g/mol. The van der Waals surface area contributed by atoms with Gasteiger partial charge in [0.25, 0.3) is 0 Å². The summed E-state index contributed by atoms with van der Waals surface area (Å²) in [5.74, 6) is 1.63. The van der Waals surface area contributed by atoms with Crippen LogP contribution < -0.4 is 4.90 Å². The van der Waals surface area contributed by atoms with Crippen molar-refractivity contribution in [3.8, 4) is 0 Å². The van der Waals surface area contributed by atoms with Crippen LogP contribution in [-0.4, -0.2) is 65.1 Å². The fourth-order valence-corrected chi connectivity index (χ4v) is 4.14. The van der Waals surface area contributed by atoms with E-state index in [1.807, 2.05) is 6.20 Å². The summed E-state index contributed by atoms with van der Waals surface area (Å²) in [6.07, 6.45) is 4.50. The number of aromatic nitrogens is 2. The van der Waals surface area contributed by atoms with Crippen LogP contribution in [0.25, 0.3) is 0 Å². The van der Waals surface area contributed by atoms with E-state index in [4.69, 9.17) is 4.98 Å². The number of piperazine rings is 1. The van der Waals surface area contributed by atoms with E-state index in [2.05, 4.69) is 53.6 Å². The number of rotatable bonds is 6. The van der Waals surface area contributed by atoms with Crippen molar-refractivity contribution in [2.75, 3.05) is 38.1 Å². The third-order valence-corrected chi connectivity index (χ3v) is 5.05. The Kier molecular flexibility index (Phi) is 5.17. The molecule has 0 aliphatic carbocycles. The molecular weight excluding hydrogens is 286 g/mol. The van der Waals surface area contributed by atoms with Crippen molar-refractivity contribution in [2.24, 2.45) is 5.92 Å². The smallest absolute Gasteiger partial charge is 0.226 e. The van der Waals surface area contributed by atoms with E-state index in [1.54, 1.807) is 0 Å². The number of anilines is 1. The molecule has 2 aliphatic heterocycles. The van der Waals surface area contributed by atoms with Gasteiger partial charge >= 0.3 is 0 Å². The van der Waals surface area contributed by atoms with Gasteiger partial charge in [-0.1, -0.05) is 20.8 Å². The van der Waals surface area contributed by atoms with Crippen molar-refractivity contribution in [3.63, 3.8) is 0 Å². The molecular formula is C18H31N5. The second-order valence-electron chi connectivity index (χ2n) is 7.58. The summed E-state index contributed by atoms with van der Waals surface area (Å²) in [5.41, 5.74) is 1.13. The summed E-state index contributed by atoms with van der Waals surface area (Å²) >= 11 is 0. The quantitative estimate of drug-likeness (QED) is 0.804. The first-order valence-electron chi connectivity index (χ1n) is 9.08. The number of fused-ring (bicyclic) bond motifs is 2. The second kappa shape index (κ2) is 7.14. The van der Waals surface area contributed by atoms with Crippen LogP contribution in [0.4, 0.5) is 5.95 Å². The van der Waals surface area contributed by atoms with Crippen LogP contribution in [-0.2, 0) is 6.54 Å². The molecule has 3 heterocycles. The molecule has 0 N–H and O–H groups in total. The summed E-state index contributed by atoms with van der Waals surface area (Å²) < 4.78 is 0. The van der Waals surface area contributed by atoms with Gasteiger partial charge in [0, 0.05) is 44.5 Å². The molecule has 1 aromatic heterocycles.